The molecule has 2 aliphatic rings. The second-order valence-corrected chi connectivity index (χ2v) is 7.50. The van der Waals surface area contributed by atoms with Crippen LogP contribution in [0.4, 0.5) is 13.6 Å². The molecule has 1 fully saturated rings. The number of halogens is 2. The minimum atomic E-state index is -2.53. The summed E-state index contributed by atoms with van der Waals surface area (Å²) in [6, 6.07) is 0.0372. The molecule has 23 heavy (non-hydrogen) atoms. The fourth-order valence-corrected chi connectivity index (χ4v) is 3.11. The third kappa shape index (κ3) is 3.64. The molecule has 1 aromatic heterocycles. The Balaban J connectivity index is 1.61. The summed E-state index contributed by atoms with van der Waals surface area (Å²) < 4.78 is 33.7. The fourth-order valence-electron chi connectivity index (χ4n) is 3.11. The van der Waals surface area contributed by atoms with Crippen molar-refractivity contribution in [2.24, 2.45) is 0 Å². The Kier molecular flexibility index (Phi) is 3.84. The number of amides is 1. The predicted octanol–water partition coefficient (Wildman–Crippen LogP) is 3.88. The first kappa shape index (κ1) is 16.2. The van der Waals surface area contributed by atoms with Gasteiger partial charge in [-0.2, -0.15) is 5.10 Å². The van der Waals surface area contributed by atoms with Gasteiger partial charge >= 0.3 is 6.09 Å². The Morgan fingerprint density at radius 3 is 2.52 bits per heavy atom. The van der Waals surface area contributed by atoms with Gasteiger partial charge in [-0.25, -0.2) is 13.6 Å². The minimum absolute atomic E-state index is 0.0372. The van der Waals surface area contributed by atoms with E-state index in [-0.39, 0.29) is 25.0 Å². The molecule has 0 unspecified atom stereocenters. The van der Waals surface area contributed by atoms with Crippen LogP contribution < -0.4 is 0 Å². The summed E-state index contributed by atoms with van der Waals surface area (Å²) in [4.78, 5) is 13.7. The quantitative estimate of drug-likeness (QED) is 0.786. The average molecular weight is 327 g/mol. The van der Waals surface area contributed by atoms with Crippen molar-refractivity contribution in [2.75, 3.05) is 0 Å². The molecule has 2 heterocycles. The second kappa shape index (κ2) is 5.46. The monoisotopic (exact) mass is 327 g/mol. The largest absolute Gasteiger partial charge is 0.444 e. The van der Waals surface area contributed by atoms with Crippen LogP contribution in [-0.2, 0) is 17.8 Å². The van der Waals surface area contributed by atoms with Crippen LogP contribution in [0.1, 0.15) is 63.8 Å². The molecule has 0 radical (unpaired) electrons. The van der Waals surface area contributed by atoms with E-state index in [0.717, 1.165) is 11.3 Å². The zero-order valence-electron chi connectivity index (χ0n) is 13.8. The molecule has 128 valence electrons. The molecular formula is C16H23F2N3O2. The second-order valence-electron chi connectivity index (χ2n) is 7.50. The Bertz CT molecular complexity index is 573. The normalized spacial score (nSPS) is 21.3. The van der Waals surface area contributed by atoms with Crippen molar-refractivity contribution in [2.45, 2.75) is 77.1 Å². The molecule has 1 saturated carbocycles. The molecule has 1 amide bonds. The molecule has 1 aliphatic heterocycles. The summed E-state index contributed by atoms with van der Waals surface area (Å²) in [6.07, 6.45) is 2.29. The number of hydrogen-bond acceptors (Lipinski definition) is 3. The maximum atomic E-state index is 13.2. The lowest BCUT2D eigenvalue weighted by molar-refractivity contribution is -0.0451. The van der Waals surface area contributed by atoms with Crippen molar-refractivity contribution in [3.63, 3.8) is 0 Å². The van der Waals surface area contributed by atoms with Gasteiger partial charge in [0.05, 0.1) is 24.8 Å². The van der Waals surface area contributed by atoms with Crippen molar-refractivity contribution in [3.05, 3.63) is 17.5 Å². The first-order valence-corrected chi connectivity index (χ1v) is 8.06. The number of nitrogens with zero attached hydrogens (tertiary/aromatic N) is 3. The van der Waals surface area contributed by atoms with Gasteiger partial charge in [0.25, 0.3) is 0 Å². The molecule has 0 saturated heterocycles. The SMILES string of the molecule is CC(C)(C)OC(=O)N1Cc2cn(C3CCC(F)(F)CC3)nc2C1. The number of carbonyl (C=O) groups excluding carboxylic acids is 1. The summed E-state index contributed by atoms with van der Waals surface area (Å²) in [5.41, 5.74) is 1.30. The van der Waals surface area contributed by atoms with Gasteiger partial charge in [0.15, 0.2) is 0 Å². The highest BCUT2D eigenvalue weighted by molar-refractivity contribution is 5.69. The number of rotatable bonds is 1. The lowest BCUT2D eigenvalue weighted by atomic mass is 9.92. The molecule has 5 nitrogen and oxygen atoms in total. The van der Waals surface area contributed by atoms with Gasteiger partial charge in [-0.05, 0) is 33.6 Å². The van der Waals surface area contributed by atoms with Gasteiger partial charge in [-0.1, -0.05) is 0 Å². The molecule has 0 N–H and O–H groups in total. The third-order valence-electron chi connectivity index (χ3n) is 4.31. The maximum Gasteiger partial charge on any atom is 0.410 e. The molecule has 0 bridgehead atoms. The van der Waals surface area contributed by atoms with E-state index in [0.29, 0.717) is 25.9 Å². The average Bonchev–Trinajstić information content (AvgIpc) is 2.94. The van der Waals surface area contributed by atoms with Crippen molar-refractivity contribution in [1.82, 2.24) is 14.7 Å². The summed E-state index contributed by atoms with van der Waals surface area (Å²) in [5, 5.41) is 4.51. The van der Waals surface area contributed by atoms with Crippen molar-refractivity contribution >= 4 is 6.09 Å². The minimum Gasteiger partial charge on any atom is -0.444 e. The Morgan fingerprint density at radius 2 is 1.96 bits per heavy atom. The van der Waals surface area contributed by atoms with E-state index < -0.39 is 11.5 Å². The van der Waals surface area contributed by atoms with E-state index in [1.54, 1.807) is 4.90 Å². The van der Waals surface area contributed by atoms with Gasteiger partial charge in [0, 0.05) is 24.6 Å². The number of ether oxygens (including phenoxy) is 1. The summed E-state index contributed by atoms with van der Waals surface area (Å²) in [5.74, 6) is -2.53. The Hall–Kier alpha value is -1.66. The maximum absolute atomic E-state index is 13.2. The summed E-state index contributed by atoms with van der Waals surface area (Å²) in [7, 11) is 0. The van der Waals surface area contributed by atoms with Crippen LogP contribution in [0.2, 0.25) is 0 Å². The van der Waals surface area contributed by atoms with Crippen molar-refractivity contribution < 1.29 is 18.3 Å². The highest BCUT2D eigenvalue weighted by Gasteiger charge is 2.37. The zero-order chi connectivity index (χ0) is 16.8. The molecule has 3 rings (SSSR count). The van der Waals surface area contributed by atoms with Crippen LogP contribution in [0.5, 0.6) is 0 Å². The number of aromatic nitrogens is 2. The van der Waals surface area contributed by atoms with Crippen molar-refractivity contribution in [1.29, 1.82) is 0 Å². The lowest BCUT2D eigenvalue weighted by Gasteiger charge is -2.28. The van der Waals surface area contributed by atoms with Crippen LogP contribution in [0.15, 0.2) is 6.20 Å². The van der Waals surface area contributed by atoms with Gasteiger partial charge in [-0.15, -0.1) is 0 Å². The van der Waals surface area contributed by atoms with Gasteiger partial charge in [0.1, 0.15) is 5.60 Å². The predicted molar refractivity (Wildman–Crippen MR) is 80.2 cm³/mol. The number of carbonyl (C=O) groups is 1. The van der Waals surface area contributed by atoms with E-state index in [4.69, 9.17) is 4.74 Å². The zero-order valence-corrected chi connectivity index (χ0v) is 13.8. The first-order valence-electron chi connectivity index (χ1n) is 8.06. The molecule has 1 aliphatic carbocycles. The smallest absolute Gasteiger partial charge is 0.410 e. The topological polar surface area (TPSA) is 47.4 Å². The van der Waals surface area contributed by atoms with E-state index in [1.807, 2.05) is 31.6 Å². The Labute approximate surface area is 134 Å². The Morgan fingerprint density at radius 1 is 1.30 bits per heavy atom. The molecule has 1 aromatic rings. The van der Waals surface area contributed by atoms with Gasteiger partial charge in [-0.3, -0.25) is 9.58 Å². The summed E-state index contributed by atoms with van der Waals surface area (Å²) >= 11 is 0. The number of fused-ring (bicyclic) bond motifs is 1. The fraction of sp³-hybridized carbons (Fsp3) is 0.750. The van der Waals surface area contributed by atoms with E-state index in [2.05, 4.69) is 5.10 Å². The van der Waals surface area contributed by atoms with E-state index in [1.165, 1.54) is 0 Å². The highest BCUT2D eigenvalue weighted by Crippen LogP contribution is 2.38. The standard InChI is InChI=1S/C16H23F2N3O2/c1-15(2,3)23-14(22)20-8-11-9-21(19-13(11)10-20)12-4-6-16(17,18)7-5-12/h9,12H,4-8,10H2,1-3H3. The molecule has 0 spiro atoms. The molecule has 0 atom stereocenters. The molecular weight excluding hydrogens is 304 g/mol. The van der Waals surface area contributed by atoms with E-state index >= 15 is 0 Å². The van der Waals surface area contributed by atoms with Crippen LogP contribution >= 0.6 is 0 Å². The highest BCUT2D eigenvalue weighted by atomic mass is 19.3. The van der Waals surface area contributed by atoms with Crippen LogP contribution in [0.3, 0.4) is 0 Å². The number of hydrogen-bond donors (Lipinski definition) is 0. The number of alkyl halides is 2. The summed E-state index contributed by atoms with van der Waals surface area (Å²) in [6.45, 7) is 6.38. The van der Waals surface area contributed by atoms with E-state index in [9.17, 15) is 13.6 Å². The van der Waals surface area contributed by atoms with Crippen LogP contribution in [0, 0.1) is 0 Å². The van der Waals surface area contributed by atoms with Gasteiger partial charge < -0.3 is 4.74 Å². The van der Waals surface area contributed by atoms with Crippen molar-refractivity contribution in [3.8, 4) is 0 Å². The van der Waals surface area contributed by atoms with Crippen LogP contribution in [-0.4, -0.2) is 32.3 Å². The molecule has 0 aromatic carbocycles. The third-order valence-corrected chi connectivity index (χ3v) is 4.31. The van der Waals surface area contributed by atoms with Gasteiger partial charge in [0.2, 0.25) is 5.92 Å². The molecule has 7 heteroatoms. The lowest BCUT2D eigenvalue weighted by Crippen LogP contribution is -2.33. The van der Waals surface area contributed by atoms with Crippen LogP contribution in [0.25, 0.3) is 0 Å². The first-order chi connectivity index (χ1) is 10.6.